The number of hydrogen-bond donors (Lipinski definition) is 2. The molecule has 3 amide bonds. The Hall–Kier alpha value is -3.06. The number of amides is 3. The van der Waals surface area contributed by atoms with Gasteiger partial charge in [-0.05, 0) is 43.7 Å². The molecule has 2 N–H and O–H groups in total. The summed E-state index contributed by atoms with van der Waals surface area (Å²) in [5.74, 6) is 0.856. The van der Waals surface area contributed by atoms with Gasteiger partial charge >= 0.3 is 6.03 Å². The Bertz CT molecular complexity index is 850. The first kappa shape index (κ1) is 19.7. The van der Waals surface area contributed by atoms with Gasteiger partial charge in [0.25, 0.3) is 5.91 Å². The van der Waals surface area contributed by atoms with E-state index in [4.69, 9.17) is 9.47 Å². The molecule has 0 saturated carbocycles. The van der Waals surface area contributed by atoms with Crippen LogP contribution in [-0.2, 0) is 10.3 Å². The maximum Gasteiger partial charge on any atom is 0.325 e. The minimum absolute atomic E-state index is 0.0510. The van der Waals surface area contributed by atoms with Crippen LogP contribution in [0.3, 0.4) is 0 Å². The minimum Gasteiger partial charge on any atom is -0.497 e. The van der Waals surface area contributed by atoms with Gasteiger partial charge in [-0.25, -0.2) is 4.79 Å². The Morgan fingerprint density at radius 2 is 1.68 bits per heavy atom. The van der Waals surface area contributed by atoms with Crippen LogP contribution in [-0.4, -0.2) is 48.3 Å². The van der Waals surface area contributed by atoms with Crippen LogP contribution in [0.25, 0.3) is 0 Å². The lowest BCUT2D eigenvalue weighted by molar-refractivity contribution is -0.132. The largest absolute Gasteiger partial charge is 0.497 e. The van der Waals surface area contributed by atoms with E-state index in [-0.39, 0.29) is 13.2 Å². The monoisotopic (exact) mass is 384 g/mol. The Morgan fingerprint density at radius 3 is 2.29 bits per heavy atom. The molecule has 1 aliphatic heterocycles. The zero-order chi connectivity index (χ0) is 20.3. The number of benzene rings is 2. The Kier molecular flexibility index (Phi) is 5.56. The normalized spacial score (nSPS) is 20.1. The molecule has 1 fully saturated rings. The SMILES string of the molecule is COc1ccc(OC[C@@H](O)CN2C(=O)N[C@@](C)(c3ccc(C)cc3)C2=O)cc1. The predicted octanol–water partition coefficient (Wildman–Crippen LogP) is 2.21. The summed E-state index contributed by atoms with van der Waals surface area (Å²) >= 11 is 0. The van der Waals surface area contributed by atoms with Gasteiger partial charge in [0.1, 0.15) is 29.7 Å². The molecule has 3 rings (SSSR count). The van der Waals surface area contributed by atoms with Crippen molar-refractivity contribution >= 4 is 11.9 Å². The molecule has 0 aromatic heterocycles. The van der Waals surface area contributed by atoms with Crippen molar-refractivity contribution in [3.05, 3.63) is 59.7 Å². The van der Waals surface area contributed by atoms with Gasteiger partial charge in [-0.1, -0.05) is 29.8 Å². The molecule has 7 nitrogen and oxygen atoms in total. The molecular formula is C21H24N2O5. The molecule has 148 valence electrons. The number of ether oxygens (including phenoxy) is 2. The van der Waals surface area contributed by atoms with Crippen molar-refractivity contribution in [2.45, 2.75) is 25.5 Å². The fourth-order valence-corrected chi connectivity index (χ4v) is 3.07. The van der Waals surface area contributed by atoms with Crippen molar-refractivity contribution in [3.8, 4) is 11.5 Å². The standard InChI is InChI=1S/C21H24N2O5/c1-14-4-6-15(7-5-14)21(2)19(25)23(20(26)22-21)12-16(24)13-28-18-10-8-17(27-3)9-11-18/h4-11,16,24H,12-13H2,1-3H3,(H,22,26)/t16-,21-/m0/s1. The number of rotatable bonds is 7. The Labute approximate surface area is 163 Å². The van der Waals surface area contributed by atoms with Gasteiger partial charge in [-0.2, -0.15) is 0 Å². The zero-order valence-corrected chi connectivity index (χ0v) is 16.1. The third-order valence-electron chi connectivity index (χ3n) is 4.80. The quantitative estimate of drug-likeness (QED) is 0.715. The van der Waals surface area contributed by atoms with Crippen LogP contribution in [0.4, 0.5) is 4.79 Å². The fourth-order valence-electron chi connectivity index (χ4n) is 3.07. The number of aliphatic hydroxyl groups excluding tert-OH is 1. The molecule has 0 aliphatic carbocycles. The van der Waals surface area contributed by atoms with E-state index in [0.29, 0.717) is 17.1 Å². The molecule has 0 radical (unpaired) electrons. The summed E-state index contributed by atoms with van der Waals surface area (Å²) in [4.78, 5) is 26.3. The average Bonchev–Trinajstić information content (AvgIpc) is 2.91. The summed E-state index contributed by atoms with van der Waals surface area (Å²) in [6.07, 6.45) is -1.02. The highest BCUT2D eigenvalue weighted by Crippen LogP contribution is 2.29. The van der Waals surface area contributed by atoms with E-state index < -0.39 is 23.6 Å². The maximum absolute atomic E-state index is 12.9. The number of β-amino-alcohol motifs (C(OH)–C–C–N with tert-alkyl or cyclic N) is 1. The first-order chi connectivity index (χ1) is 13.3. The smallest absolute Gasteiger partial charge is 0.325 e. The number of hydrogen-bond acceptors (Lipinski definition) is 5. The summed E-state index contributed by atoms with van der Waals surface area (Å²) in [5.41, 5.74) is 0.608. The van der Waals surface area contributed by atoms with E-state index in [1.807, 2.05) is 31.2 Å². The van der Waals surface area contributed by atoms with Crippen molar-refractivity contribution < 1.29 is 24.2 Å². The Balaban J connectivity index is 1.62. The number of nitrogens with zero attached hydrogens (tertiary/aromatic N) is 1. The van der Waals surface area contributed by atoms with Crippen molar-refractivity contribution in [2.75, 3.05) is 20.3 Å². The maximum atomic E-state index is 12.9. The number of carbonyl (C=O) groups excluding carboxylic acids is 2. The molecule has 1 saturated heterocycles. The van der Waals surface area contributed by atoms with Gasteiger partial charge in [0.15, 0.2) is 0 Å². The van der Waals surface area contributed by atoms with Crippen LogP contribution in [0.15, 0.2) is 48.5 Å². The van der Waals surface area contributed by atoms with Gasteiger partial charge in [0, 0.05) is 0 Å². The number of aliphatic hydroxyl groups is 1. The third-order valence-corrected chi connectivity index (χ3v) is 4.80. The van der Waals surface area contributed by atoms with Crippen LogP contribution >= 0.6 is 0 Å². The average molecular weight is 384 g/mol. The zero-order valence-electron chi connectivity index (χ0n) is 16.1. The van der Waals surface area contributed by atoms with E-state index in [2.05, 4.69) is 5.32 Å². The van der Waals surface area contributed by atoms with Crippen LogP contribution < -0.4 is 14.8 Å². The highest BCUT2D eigenvalue weighted by atomic mass is 16.5. The first-order valence-corrected chi connectivity index (χ1v) is 8.99. The molecule has 2 aromatic rings. The Morgan fingerprint density at radius 1 is 1.07 bits per heavy atom. The molecule has 1 aliphatic rings. The van der Waals surface area contributed by atoms with Gasteiger partial charge in [-0.3, -0.25) is 9.69 Å². The van der Waals surface area contributed by atoms with Crippen LogP contribution in [0, 0.1) is 6.92 Å². The van der Waals surface area contributed by atoms with Gasteiger partial charge < -0.3 is 19.9 Å². The molecule has 2 aromatic carbocycles. The fraction of sp³-hybridized carbons (Fsp3) is 0.333. The van der Waals surface area contributed by atoms with Gasteiger partial charge in [-0.15, -0.1) is 0 Å². The second kappa shape index (κ2) is 7.90. The van der Waals surface area contributed by atoms with Crippen molar-refractivity contribution in [3.63, 3.8) is 0 Å². The summed E-state index contributed by atoms with van der Waals surface area (Å²) in [6, 6.07) is 13.8. The van der Waals surface area contributed by atoms with Crippen LogP contribution in [0.5, 0.6) is 11.5 Å². The van der Waals surface area contributed by atoms with Gasteiger partial charge in [0.05, 0.1) is 13.7 Å². The number of aryl methyl sites for hydroxylation is 1. The predicted molar refractivity (Wildman–Crippen MR) is 103 cm³/mol. The van der Waals surface area contributed by atoms with Crippen molar-refractivity contribution in [1.29, 1.82) is 0 Å². The second-order valence-electron chi connectivity index (χ2n) is 6.98. The number of methoxy groups -OCH3 is 1. The third kappa shape index (κ3) is 3.94. The first-order valence-electron chi connectivity index (χ1n) is 8.99. The van der Waals surface area contributed by atoms with E-state index in [1.54, 1.807) is 38.3 Å². The highest BCUT2D eigenvalue weighted by Gasteiger charge is 2.49. The van der Waals surface area contributed by atoms with E-state index in [9.17, 15) is 14.7 Å². The second-order valence-corrected chi connectivity index (χ2v) is 6.98. The molecule has 7 heteroatoms. The minimum atomic E-state index is -1.15. The van der Waals surface area contributed by atoms with E-state index in [0.717, 1.165) is 10.5 Å². The van der Waals surface area contributed by atoms with Crippen molar-refractivity contribution in [1.82, 2.24) is 10.2 Å². The van der Waals surface area contributed by atoms with Gasteiger partial charge in [0.2, 0.25) is 0 Å². The lowest BCUT2D eigenvalue weighted by atomic mass is 9.91. The van der Waals surface area contributed by atoms with Crippen LogP contribution in [0.1, 0.15) is 18.1 Å². The summed E-state index contributed by atoms with van der Waals surface area (Å²) in [5, 5.41) is 13.0. The molecule has 0 unspecified atom stereocenters. The molecular weight excluding hydrogens is 360 g/mol. The molecule has 0 spiro atoms. The summed E-state index contributed by atoms with van der Waals surface area (Å²) in [6.45, 7) is 3.41. The van der Waals surface area contributed by atoms with E-state index >= 15 is 0 Å². The number of nitrogens with one attached hydrogen (secondary N) is 1. The molecule has 0 bridgehead atoms. The summed E-state index contributed by atoms with van der Waals surface area (Å²) in [7, 11) is 1.57. The van der Waals surface area contributed by atoms with Crippen LogP contribution in [0.2, 0.25) is 0 Å². The lowest BCUT2D eigenvalue weighted by Crippen LogP contribution is -2.42. The topological polar surface area (TPSA) is 88.1 Å². The highest BCUT2D eigenvalue weighted by molar-refractivity contribution is 6.07. The van der Waals surface area contributed by atoms with E-state index in [1.165, 1.54) is 0 Å². The molecule has 1 heterocycles. The molecule has 2 atom stereocenters. The van der Waals surface area contributed by atoms with Crippen molar-refractivity contribution in [2.24, 2.45) is 0 Å². The molecule has 28 heavy (non-hydrogen) atoms. The summed E-state index contributed by atoms with van der Waals surface area (Å²) < 4.78 is 10.6. The number of imide groups is 1. The number of urea groups is 1. The number of carbonyl (C=O) groups is 2. The lowest BCUT2D eigenvalue weighted by Gasteiger charge is -2.23.